The Kier molecular flexibility index (Phi) is 21.0. The van der Waals surface area contributed by atoms with Crippen LogP contribution in [0, 0.1) is 0 Å². The highest BCUT2D eigenvalue weighted by Crippen LogP contribution is 2.20. The van der Waals surface area contributed by atoms with Crippen molar-refractivity contribution in [3.05, 3.63) is 34.5 Å². The fourth-order valence-corrected chi connectivity index (χ4v) is 6.64. The zero-order chi connectivity index (χ0) is 46.5. The Balaban J connectivity index is 1.89. The molecule has 23 heteroatoms. The van der Waals surface area contributed by atoms with Crippen molar-refractivity contribution < 1.29 is 53.4 Å². The monoisotopic (exact) mass is 884 g/mol. The number of rotatable bonds is 14. The van der Waals surface area contributed by atoms with Crippen molar-refractivity contribution in [1.82, 2.24) is 46.7 Å². The summed E-state index contributed by atoms with van der Waals surface area (Å²) in [4.78, 5) is 123. The molecule has 0 saturated carbocycles. The molecule has 1 aromatic rings. The number of carboxylic acid groups (broad SMARTS) is 1. The van der Waals surface area contributed by atoms with Gasteiger partial charge in [0.25, 0.3) is 0 Å². The molecule has 0 radical (unpaired) electrons. The number of aromatic amines is 1. The largest absolute Gasteiger partial charge is 0.481 e. The number of nitrogens with one attached hydrogen (secondary N) is 7. The Hall–Kier alpha value is -6.51. The average Bonchev–Trinajstić information content (AvgIpc) is 3.64. The van der Waals surface area contributed by atoms with E-state index in [4.69, 9.17) is 17.2 Å². The molecule has 1 aliphatic carbocycles. The van der Waals surface area contributed by atoms with Crippen molar-refractivity contribution in [1.29, 1.82) is 0 Å². The van der Waals surface area contributed by atoms with Gasteiger partial charge in [0.2, 0.25) is 41.4 Å². The number of urea groups is 1. The first-order valence-corrected chi connectivity index (χ1v) is 20.8. The van der Waals surface area contributed by atoms with Crippen LogP contribution in [0.5, 0.6) is 0 Å². The highest BCUT2D eigenvalue weighted by atomic mass is 16.4. The molecule has 3 rings (SSSR count). The summed E-state index contributed by atoms with van der Waals surface area (Å²) in [5.74, 6) is -7.52. The molecule has 0 unspecified atom stereocenters. The SMILES string of the molecule is C[C@H](NC(=O)CN1CCCCNC(=O)NCCCCN(C(=O)[C@@H](N)Cc2c[nH]c3c2C=C=C=C3)CC(=O)N[C@@H](CC(=O)O)C(=O)N[C@@H](CCCCN)C(=O)N[C@@H](CO)C1=O)C(N)=O. The van der Waals surface area contributed by atoms with Gasteiger partial charge in [-0.3, -0.25) is 38.4 Å². The zero-order valence-electron chi connectivity index (χ0n) is 35.3. The second kappa shape index (κ2) is 26.1. The van der Waals surface area contributed by atoms with Crippen molar-refractivity contribution >= 4 is 65.5 Å². The number of aliphatic hydroxyl groups excluding tert-OH is 1. The van der Waals surface area contributed by atoms with Gasteiger partial charge >= 0.3 is 12.0 Å². The topological polar surface area (TPSA) is 367 Å². The van der Waals surface area contributed by atoms with Gasteiger partial charge in [0.15, 0.2) is 0 Å². The maximum atomic E-state index is 13.8. The molecule has 2 heterocycles. The third-order valence-corrected chi connectivity index (χ3v) is 10.1. The lowest BCUT2D eigenvalue weighted by molar-refractivity contribution is -0.143. The maximum absolute atomic E-state index is 13.8. The minimum Gasteiger partial charge on any atom is -0.481 e. The van der Waals surface area contributed by atoms with Crippen LogP contribution in [0.15, 0.2) is 17.7 Å². The number of aromatic nitrogens is 1. The summed E-state index contributed by atoms with van der Waals surface area (Å²) >= 11 is 0. The highest BCUT2D eigenvalue weighted by Gasteiger charge is 2.33. The second-order valence-electron chi connectivity index (χ2n) is 15.1. The number of H-pyrrole nitrogens is 1. The van der Waals surface area contributed by atoms with Gasteiger partial charge in [-0.25, -0.2) is 4.79 Å². The minimum absolute atomic E-state index is 0.000233. The van der Waals surface area contributed by atoms with E-state index in [2.05, 4.69) is 48.3 Å². The summed E-state index contributed by atoms with van der Waals surface area (Å²) in [6, 6.07) is -7.51. The van der Waals surface area contributed by atoms with Crippen LogP contribution < -0.4 is 49.1 Å². The standard InChI is InChI=1S/C40H60N12O11/c1-24(35(43)58)47-32(54)21-52-17-9-7-15-45-40(63)44-14-6-8-16-51(38(61)27(42)18-25-20-46-28-11-3-2-10-26(25)28)22-33(55)48-30(19-34(56)57)37(60)49-29(12-4-5-13-41)36(59)50-31(23-53)39(52)62/h10-11,20,24,27,29-31,46,53H,4-9,12-19,21-23,41-42H2,1H3,(H2,43,58)(H,47,54)(H,48,55)(H,49,60)(H,50,59)(H,56,57)(H2,44,45,63)/t24-,27-,29-,30-,31-/m0/s1. The minimum atomic E-state index is -1.75. The molecule has 0 bridgehead atoms. The smallest absolute Gasteiger partial charge is 0.314 e. The Labute approximate surface area is 364 Å². The molecule has 1 saturated heterocycles. The van der Waals surface area contributed by atoms with E-state index >= 15 is 0 Å². The number of fused-ring (bicyclic) bond motifs is 1. The molecule has 5 atom stereocenters. The number of carbonyl (C=O) groups excluding carboxylic acids is 8. The Bertz CT molecular complexity index is 1920. The molecule has 1 aromatic heterocycles. The predicted octanol–water partition coefficient (Wildman–Crippen LogP) is -3.75. The van der Waals surface area contributed by atoms with Gasteiger partial charge in [-0.05, 0) is 76.5 Å². The average molecular weight is 885 g/mol. The Morgan fingerprint density at radius 1 is 0.905 bits per heavy atom. The van der Waals surface area contributed by atoms with Gasteiger partial charge in [0.05, 0.1) is 37.9 Å². The van der Waals surface area contributed by atoms with Crippen LogP contribution in [-0.2, 0) is 44.8 Å². The van der Waals surface area contributed by atoms with Gasteiger partial charge in [-0.2, -0.15) is 0 Å². The molecule has 1 fully saturated rings. The van der Waals surface area contributed by atoms with E-state index < -0.39 is 110 Å². The molecular formula is C40H60N12O11. The van der Waals surface area contributed by atoms with Crippen LogP contribution >= 0.6 is 0 Å². The lowest BCUT2D eigenvalue weighted by Crippen LogP contribution is -2.59. The van der Waals surface area contributed by atoms with Crippen LogP contribution in [0.2, 0.25) is 0 Å². The molecule has 1 aliphatic heterocycles. The molecule has 15 N–H and O–H groups in total. The van der Waals surface area contributed by atoms with Crippen LogP contribution in [0.4, 0.5) is 4.79 Å². The highest BCUT2D eigenvalue weighted by molar-refractivity contribution is 5.97. The van der Waals surface area contributed by atoms with Gasteiger partial charge in [-0.1, -0.05) is 11.5 Å². The number of nitrogens with two attached hydrogens (primary N) is 3. The molecule has 9 amide bonds. The number of nitrogens with zero attached hydrogens (tertiary/aromatic N) is 2. The fraction of sp³-hybridized carbons (Fsp3) is 0.575. The van der Waals surface area contributed by atoms with E-state index in [1.807, 2.05) is 0 Å². The number of carboxylic acids is 1. The van der Waals surface area contributed by atoms with Crippen molar-refractivity contribution in [2.45, 2.75) is 94.9 Å². The van der Waals surface area contributed by atoms with Gasteiger partial charge in [0, 0.05) is 44.0 Å². The number of unbranched alkanes of at least 4 members (excludes halogenated alkanes) is 1. The summed E-state index contributed by atoms with van der Waals surface area (Å²) in [6.07, 6.45) is 6.11. The van der Waals surface area contributed by atoms with Crippen LogP contribution in [0.25, 0.3) is 12.2 Å². The molecular weight excluding hydrogens is 825 g/mol. The second-order valence-corrected chi connectivity index (χ2v) is 15.1. The van der Waals surface area contributed by atoms with Gasteiger partial charge < -0.3 is 74.1 Å². The zero-order valence-corrected chi connectivity index (χ0v) is 35.3. The lowest BCUT2D eigenvalue weighted by Gasteiger charge is -2.29. The molecule has 0 spiro atoms. The number of hydrogen-bond acceptors (Lipinski definition) is 12. The normalized spacial score (nSPS) is 20.8. The summed E-state index contributed by atoms with van der Waals surface area (Å²) < 4.78 is 0. The quantitative estimate of drug-likeness (QED) is 0.0642. The first-order valence-electron chi connectivity index (χ1n) is 20.8. The van der Waals surface area contributed by atoms with E-state index in [-0.39, 0.29) is 58.4 Å². The maximum Gasteiger partial charge on any atom is 0.314 e. The summed E-state index contributed by atoms with van der Waals surface area (Å²) in [6.45, 7) is -0.347. The van der Waals surface area contributed by atoms with Crippen LogP contribution in [0.1, 0.15) is 75.1 Å². The Morgan fingerprint density at radius 2 is 1.56 bits per heavy atom. The summed E-state index contributed by atoms with van der Waals surface area (Å²) in [5, 5.41) is 34.9. The number of aliphatic hydroxyl groups is 1. The number of hydrogen-bond donors (Lipinski definition) is 12. The molecule has 346 valence electrons. The first-order chi connectivity index (χ1) is 30.0. The number of aliphatic carboxylic acids is 1. The predicted molar refractivity (Wildman–Crippen MR) is 226 cm³/mol. The third-order valence-electron chi connectivity index (χ3n) is 10.1. The van der Waals surface area contributed by atoms with Crippen LogP contribution in [-0.4, -0.2) is 161 Å². The van der Waals surface area contributed by atoms with Gasteiger partial charge in [-0.15, -0.1) is 0 Å². The van der Waals surface area contributed by atoms with E-state index in [1.165, 1.54) is 11.8 Å². The lowest BCUT2D eigenvalue weighted by atomic mass is 10.0. The van der Waals surface area contributed by atoms with Crippen LogP contribution in [0.3, 0.4) is 0 Å². The van der Waals surface area contributed by atoms with E-state index in [9.17, 15) is 53.4 Å². The fourth-order valence-electron chi connectivity index (χ4n) is 6.64. The van der Waals surface area contributed by atoms with Crippen molar-refractivity contribution in [3.63, 3.8) is 0 Å². The summed E-state index contributed by atoms with van der Waals surface area (Å²) in [7, 11) is 0. The molecule has 0 aromatic carbocycles. The number of carbonyl (C=O) groups is 9. The third kappa shape index (κ3) is 17.1. The molecule has 2 aliphatic rings. The first kappa shape index (κ1) is 50.8. The van der Waals surface area contributed by atoms with E-state index in [1.54, 1.807) is 18.3 Å². The molecule has 23 nitrogen and oxygen atoms in total. The number of amides is 9. The van der Waals surface area contributed by atoms with E-state index in [0.717, 1.165) is 21.7 Å². The van der Waals surface area contributed by atoms with Crippen molar-refractivity contribution in [2.24, 2.45) is 17.2 Å². The van der Waals surface area contributed by atoms with E-state index in [0.29, 0.717) is 25.7 Å². The Morgan fingerprint density at radius 3 is 2.21 bits per heavy atom. The van der Waals surface area contributed by atoms with Crippen molar-refractivity contribution in [2.75, 3.05) is 52.4 Å². The van der Waals surface area contributed by atoms with Gasteiger partial charge in [0.1, 0.15) is 24.2 Å². The summed E-state index contributed by atoms with van der Waals surface area (Å²) in [5.41, 5.74) is 25.2. The van der Waals surface area contributed by atoms with Crippen molar-refractivity contribution in [3.8, 4) is 0 Å². The number of primary amides is 1. The molecule has 63 heavy (non-hydrogen) atoms.